The van der Waals surface area contributed by atoms with E-state index in [9.17, 15) is 4.39 Å². The molecule has 11 heavy (non-hydrogen) atoms. The molecule has 1 rings (SSSR count). The van der Waals surface area contributed by atoms with Crippen LogP contribution in [0.3, 0.4) is 0 Å². The molecule has 0 saturated heterocycles. The molecule has 56 valence electrons. The highest BCUT2D eigenvalue weighted by Gasteiger charge is 2.06. The number of rotatable bonds is 0. The standard InChI is InChI=1S/C8H3BrClF/c1-2-5-7(11)4-3-6(9)8(5)10/h1,3-4H. The first kappa shape index (κ1) is 8.58. The van der Waals surface area contributed by atoms with E-state index >= 15 is 0 Å². The van der Waals surface area contributed by atoms with Crippen molar-refractivity contribution in [2.45, 2.75) is 0 Å². The van der Waals surface area contributed by atoms with Gasteiger partial charge < -0.3 is 0 Å². The van der Waals surface area contributed by atoms with E-state index in [-0.39, 0.29) is 10.6 Å². The van der Waals surface area contributed by atoms with Gasteiger partial charge in [-0.2, -0.15) is 0 Å². The summed E-state index contributed by atoms with van der Waals surface area (Å²) in [6.45, 7) is 0. The minimum atomic E-state index is -0.472. The van der Waals surface area contributed by atoms with Crippen LogP contribution in [0.2, 0.25) is 5.02 Å². The third kappa shape index (κ3) is 1.55. The molecule has 0 aliphatic carbocycles. The molecule has 3 heteroatoms. The van der Waals surface area contributed by atoms with Gasteiger partial charge in [-0.25, -0.2) is 4.39 Å². The molecule has 0 bridgehead atoms. The summed E-state index contributed by atoms with van der Waals surface area (Å²) in [4.78, 5) is 0. The van der Waals surface area contributed by atoms with Crippen LogP contribution in [-0.2, 0) is 0 Å². The van der Waals surface area contributed by atoms with Gasteiger partial charge >= 0.3 is 0 Å². The van der Waals surface area contributed by atoms with Crippen LogP contribution in [0.4, 0.5) is 4.39 Å². The summed E-state index contributed by atoms with van der Waals surface area (Å²) in [5.74, 6) is 1.70. The highest BCUT2D eigenvalue weighted by Crippen LogP contribution is 2.27. The molecule has 0 N–H and O–H groups in total. The fourth-order valence-electron chi connectivity index (χ4n) is 0.659. The van der Waals surface area contributed by atoms with Gasteiger partial charge in [0.15, 0.2) is 0 Å². The average molecular weight is 233 g/mol. The van der Waals surface area contributed by atoms with Crippen LogP contribution in [0.15, 0.2) is 16.6 Å². The molecule has 0 heterocycles. The van der Waals surface area contributed by atoms with Gasteiger partial charge in [0, 0.05) is 4.47 Å². The quantitative estimate of drug-likeness (QED) is 0.477. The molecule has 0 spiro atoms. The second kappa shape index (κ2) is 3.25. The Kier molecular flexibility index (Phi) is 2.53. The van der Waals surface area contributed by atoms with Crippen molar-refractivity contribution in [2.75, 3.05) is 0 Å². The number of benzene rings is 1. The Morgan fingerprint density at radius 2 is 2.18 bits per heavy atom. The Morgan fingerprint density at radius 3 is 2.64 bits per heavy atom. The highest BCUT2D eigenvalue weighted by molar-refractivity contribution is 9.10. The molecule has 0 nitrogen and oxygen atoms in total. The normalized spacial score (nSPS) is 9.27. The zero-order chi connectivity index (χ0) is 8.43. The van der Waals surface area contributed by atoms with Crippen LogP contribution in [0.5, 0.6) is 0 Å². The summed E-state index contributed by atoms with van der Waals surface area (Å²) >= 11 is 8.80. The van der Waals surface area contributed by atoms with Gasteiger partial charge in [0.25, 0.3) is 0 Å². The summed E-state index contributed by atoms with van der Waals surface area (Å²) in [5.41, 5.74) is 0.0982. The van der Waals surface area contributed by atoms with E-state index in [1.807, 2.05) is 0 Å². The van der Waals surface area contributed by atoms with E-state index in [4.69, 9.17) is 18.0 Å². The van der Waals surface area contributed by atoms with E-state index < -0.39 is 5.82 Å². The lowest BCUT2D eigenvalue weighted by atomic mass is 10.2. The summed E-state index contributed by atoms with van der Waals surface area (Å²) in [6.07, 6.45) is 5.03. The molecule has 1 aromatic carbocycles. The number of hydrogen-bond acceptors (Lipinski definition) is 0. The fraction of sp³-hybridized carbons (Fsp3) is 0. The van der Waals surface area contributed by atoms with Gasteiger partial charge in [0.2, 0.25) is 0 Å². The van der Waals surface area contributed by atoms with Gasteiger partial charge in [0.1, 0.15) is 5.82 Å². The van der Waals surface area contributed by atoms with E-state index in [1.54, 1.807) is 0 Å². The lowest BCUT2D eigenvalue weighted by Crippen LogP contribution is -1.84. The van der Waals surface area contributed by atoms with Crippen LogP contribution in [0.1, 0.15) is 5.56 Å². The maximum atomic E-state index is 12.8. The van der Waals surface area contributed by atoms with Crippen LogP contribution in [0.25, 0.3) is 0 Å². The average Bonchev–Trinajstić information content (AvgIpc) is 1.99. The Bertz CT molecular complexity index is 328. The molecule has 0 atom stereocenters. The second-order valence-electron chi connectivity index (χ2n) is 1.86. The van der Waals surface area contributed by atoms with Gasteiger partial charge in [-0.05, 0) is 28.1 Å². The maximum absolute atomic E-state index is 12.8. The number of terminal acetylenes is 1. The first-order chi connectivity index (χ1) is 5.16. The first-order valence-electron chi connectivity index (χ1n) is 2.77. The molecular formula is C8H3BrClF. The molecule has 0 radical (unpaired) electrons. The van der Waals surface area contributed by atoms with Crippen LogP contribution >= 0.6 is 27.5 Å². The molecule has 0 unspecified atom stereocenters. The molecule has 0 fully saturated rings. The van der Waals surface area contributed by atoms with Gasteiger partial charge in [0.05, 0.1) is 10.6 Å². The minimum Gasteiger partial charge on any atom is -0.206 e. The Balaban J connectivity index is 3.44. The molecule has 0 amide bonds. The molecule has 1 aromatic rings. The lowest BCUT2D eigenvalue weighted by molar-refractivity contribution is 0.624. The van der Waals surface area contributed by atoms with Crippen molar-refractivity contribution >= 4 is 27.5 Å². The van der Waals surface area contributed by atoms with Crippen LogP contribution in [0, 0.1) is 18.2 Å². The highest BCUT2D eigenvalue weighted by atomic mass is 79.9. The SMILES string of the molecule is C#Cc1c(F)ccc(Br)c1Cl. The van der Waals surface area contributed by atoms with E-state index in [0.717, 1.165) is 0 Å². The molecule has 0 aliphatic heterocycles. The van der Waals surface area contributed by atoms with E-state index in [0.29, 0.717) is 4.47 Å². The lowest BCUT2D eigenvalue weighted by Gasteiger charge is -1.99. The second-order valence-corrected chi connectivity index (χ2v) is 3.09. The topological polar surface area (TPSA) is 0 Å². The van der Waals surface area contributed by atoms with E-state index in [2.05, 4.69) is 21.9 Å². The monoisotopic (exact) mass is 232 g/mol. The van der Waals surface area contributed by atoms with Gasteiger partial charge in [-0.15, -0.1) is 6.42 Å². The summed E-state index contributed by atoms with van der Waals surface area (Å²) < 4.78 is 13.4. The Morgan fingerprint density at radius 1 is 1.55 bits per heavy atom. The summed E-state index contributed by atoms with van der Waals surface area (Å²) in [5, 5.41) is 0.243. The molecule has 0 saturated carbocycles. The fourth-order valence-corrected chi connectivity index (χ4v) is 1.20. The Labute approximate surface area is 77.5 Å². The van der Waals surface area contributed by atoms with Crippen molar-refractivity contribution in [3.05, 3.63) is 33.0 Å². The van der Waals surface area contributed by atoms with Crippen molar-refractivity contribution in [1.82, 2.24) is 0 Å². The van der Waals surface area contributed by atoms with Crippen LogP contribution in [-0.4, -0.2) is 0 Å². The van der Waals surface area contributed by atoms with Crippen molar-refractivity contribution in [3.63, 3.8) is 0 Å². The number of hydrogen-bond donors (Lipinski definition) is 0. The zero-order valence-electron chi connectivity index (χ0n) is 5.37. The minimum absolute atomic E-state index is 0.0982. The van der Waals surface area contributed by atoms with Gasteiger partial charge in [-0.1, -0.05) is 17.5 Å². The number of halogens is 3. The molecule has 0 aliphatic rings. The largest absolute Gasteiger partial charge is 0.206 e. The smallest absolute Gasteiger partial charge is 0.140 e. The zero-order valence-corrected chi connectivity index (χ0v) is 7.71. The van der Waals surface area contributed by atoms with Crippen molar-refractivity contribution in [1.29, 1.82) is 0 Å². The van der Waals surface area contributed by atoms with E-state index in [1.165, 1.54) is 12.1 Å². The summed E-state index contributed by atoms with van der Waals surface area (Å²) in [7, 11) is 0. The third-order valence-corrected chi connectivity index (χ3v) is 2.47. The predicted molar refractivity (Wildman–Crippen MR) is 47.0 cm³/mol. The van der Waals surface area contributed by atoms with Crippen LogP contribution < -0.4 is 0 Å². The van der Waals surface area contributed by atoms with Gasteiger partial charge in [-0.3, -0.25) is 0 Å². The molecular weight excluding hydrogens is 230 g/mol. The third-order valence-electron chi connectivity index (χ3n) is 1.19. The summed E-state index contributed by atoms with van der Waals surface area (Å²) in [6, 6.07) is 2.78. The van der Waals surface area contributed by atoms with Crippen molar-refractivity contribution < 1.29 is 4.39 Å². The maximum Gasteiger partial charge on any atom is 0.140 e. The Hall–Kier alpha value is -0.520. The molecule has 0 aromatic heterocycles. The first-order valence-corrected chi connectivity index (χ1v) is 3.94. The van der Waals surface area contributed by atoms with Crippen molar-refractivity contribution in [3.8, 4) is 12.3 Å². The predicted octanol–water partition coefficient (Wildman–Crippen LogP) is 3.22. The van der Waals surface area contributed by atoms with Crippen molar-refractivity contribution in [2.24, 2.45) is 0 Å².